The average Bonchev–Trinajstić information content (AvgIpc) is 2.25. The van der Waals surface area contributed by atoms with Gasteiger partial charge in [0, 0.05) is 5.56 Å². The van der Waals surface area contributed by atoms with E-state index in [9.17, 15) is 18.0 Å². The Labute approximate surface area is 110 Å². The summed E-state index contributed by atoms with van der Waals surface area (Å²) in [5.41, 5.74) is -0.940. The van der Waals surface area contributed by atoms with Gasteiger partial charge in [0.25, 0.3) is 0 Å². The van der Waals surface area contributed by atoms with E-state index < -0.39 is 23.6 Å². The van der Waals surface area contributed by atoms with Crippen molar-refractivity contribution in [2.75, 3.05) is 7.11 Å². The van der Waals surface area contributed by atoms with Crippen LogP contribution in [0.2, 0.25) is 0 Å². The molecule has 0 aliphatic carbocycles. The first-order chi connectivity index (χ1) is 8.18. The van der Waals surface area contributed by atoms with Gasteiger partial charge in [0.2, 0.25) is 0 Å². The first-order valence-corrected chi connectivity index (χ1v) is 5.65. The van der Waals surface area contributed by atoms with Crippen LogP contribution in [0.25, 0.3) is 0 Å². The Morgan fingerprint density at radius 3 is 2.39 bits per heavy atom. The lowest BCUT2D eigenvalue weighted by Gasteiger charge is -2.17. The van der Waals surface area contributed by atoms with Crippen molar-refractivity contribution >= 4 is 21.9 Å². The summed E-state index contributed by atoms with van der Waals surface area (Å²) in [6, 6.07) is 1.65. The lowest BCUT2D eigenvalue weighted by atomic mass is 9.98. The van der Waals surface area contributed by atoms with Crippen molar-refractivity contribution in [2.45, 2.75) is 19.0 Å². The summed E-state index contributed by atoms with van der Waals surface area (Å²) < 4.78 is 42.9. The molecule has 0 spiro atoms. The van der Waals surface area contributed by atoms with Crippen molar-refractivity contribution < 1.29 is 27.8 Å². The number of carboxylic acids is 1. The van der Waals surface area contributed by atoms with E-state index in [4.69, 9.17) is 9.84 Å². The molecule has 0 aliphatic heterocycles. The second-order valence-corrected chi connectivity index (χ2v) is 4.49. The monoisotopic (exact) mass is 326 g/mol. The van der Waals surface area contributed by atoms with E-state index in [2.05, 4.69) is 15.9 Å². The number of rotatable bonds is 3. The number of ether oxygens (including phenoxy) is 1. The maximum atomic E-state index is 12.6. The molecule has 0 heterocycles. The van der Waals surface area contributed by atoms with E-state index in [1.165, 1.54) is 14.0 Å². The molecule has 1 rings (SSSR count). The minimum absolute atomic E-state index is 0.0216. The van der Waals surface area contributed by atoms with Crippen LogP contribution in [0, 0.1) is 0 Å². The van der Waals surface area contributed by atoms with Crippen molar-refractivity contribution in [3.05, 3.63) is 27.7 Å². The first-order valence-electron chi connectivity index (χ1n) is 4.86. The van der Waals surface area contributed by atoms with Gasteiger partial charge in [-0.25, -0.2) is 0 Å². The highest BCUT2D eigenvalue weighted by Gasteiger charge is 2.33. The van der Waals surface area contributed by atoms with Crippen molar-refractivity contribution in [1.29, 1.82) is 0 Å². The van der Waals surface area contributed by atoms with Crippen LogP contribution in [0.15, 0.2) is 16.6 Å². The fraction of sp³-hybridized carbons (Fsp3) is 0.364. The van der Waals surface area contributed by atoms with Crippen LogP contribution in [0.1, 0.15) is 24.0 Å². The number of alkyl halides is 3. The standard InChI is InChI=1S/C11H10BrF3O3/c1-5(10(16)17)7-3-6(11(13,14)15)4-8(12)9(7)18-2/h3-5H,1-2H3,(H,16,17). The predicted molar refractivity (Wildman–Crippen MR) is 61.7 cm³/mol. The van der Waals surface area contributed by atoms with Crippen LogP contribution in [-0.2, 0) is 11.0 Å². The molecule has 7 heteroatoms. The number of carboxylic acid groups (broad SMARTS) is 1. The maximum Gasteiger partial charge on any atom is 0.416 e. The van der Waals surface area contributed by atoms with E-state index in [0.717, 1.165) is 12.1 Å². The smallest absolute Gasteiger partial charge is 0.416 e. The van der Waals surface area contributed by atoms with Crippen LogP contribution < -0.4 is 4.74 Å². The topological polar surface area (TPSA) is 46.5 Å². The lowest BCUT2D eigenvalue weighted by molar-refractivity contribution is -0.140. The summed E-state index contributed by atoms with van der Waals surface area (Å²) >= 11 is 2.95. The van der Waals surface area contributed by atoms with Gasteiger partial charge < -0.3 is 9.84 Å². The molecule has 1 aromatic rings. The number of aliphatic carboxylic acids is 1. The molecule has 1 N–H and O–H groups in total. The summed E-state index contributed by atoms with van der Waals surface area (Å²) in [6.45, 7) is 1.30. The second kappa shape index (κ2) is 5.17. The molecule has 0 radical (unpaired) electrons. The normalized spacial score (nSPS) is 13.2. The highest BCUT2D eigenvalue weighted by Crippen LogP contribution is 2.40. The van der Waals surface area contributed by atoms with Crippen LogP contribution >= 0.6 is 15.9 Å². The SMILES string of the molecule is COc1c(Br)cc(C(F)(F)F)cc1C(C)C(=O)O. The van der Waals surface area contributed by atoms with E-state index >= 15 is 0 Å². The summed E-state index contributed by atoms with van der Waals surface area (Å²) in [5.74, 6) is -2.23. The van der Waals surface area contributed by atoms with Crippen molar-refractivity contribution in [3.63, 3.8) is 0 Å². The van der Waals surface area contributed by atoms with Crippen LogP contribution in [0.4, 0.5) is 13.2 Å². The van der Waals surface area contributed by atoms with Gasteiger partial charge in [-0.1, -0.05) is 0 Å². The highest BCUT2D eigenvalue weighted by atomic mass is 79.9. The molecular formula is C11H10BrF3O3. The van der Waals surface area contributed by atoms with Crippen molar-refractivity contribution in [1.82, 2.24) is 0 Å². The van der Waals surface area contributed by atoms with Gasteiger partial charge in [-0.05, 0) is 35.0 Å². The Morgan fingerprint density at radius 1 is 1.44 bits per heavy atom. The molecule has 1 aromatic carbocycles. The van der Waals surface area contributed by atoms with Crippen LogP contribution in [0.5, 0.6) is 5.75 Å². The predicted octanol–water partition coefficient (Wildman–Crippen LogP) is 3.66. The van der Waals surface area contributed by atoms with E-state index in [0.29, 0.717) is 0 Å². The van der Waals surface area contributed by atoms with Crippen molar-refractivity contribution in [3.8, 4) is 5.75 Å². The molecule has 0 aliphatic rings. The zero-order chi connectivity index (χ0) is 14.1. The minimum atomic E-state index is -4.54. The van der Waals surface area contributed by atoms with Crippen LogP contribution in [-0.4, -0.2) is 18.2 Å². The molecule has 100 valence electrons. The summed E-state index contributed by atoms with van der Waals surface area (Å²) in [5, 5.41) is 8.89. The zero-order valence-electron chi connectivity index (χ0n) is 9.51. The molecule has 0 aromatic heterocycles. The Balaban J connectivity index is 3.46. The number of carbonyl (C=O) groups is 1. The van der Waals surface area contributed by atoms with Gasteiger partial charge in [-0.2, -0.15) is 13.2 Å². The molecule has 1 atom stereocenters. The van der Waals surface area contributed by atoms with E-state index in [-0.39, 0.29) is 15.8 Å². The fourth-order valence-electron chi connectivity index (χ4n) is 1.45. The minimum Gasteiger partial charge on any atom is -0.495 e. The molecular weight excluding hydrogens is 317 g/mol. The zero-order valence-corrected chi connectivity index (χ0v) is 11.1. The average molecular weight is 327 g/mol. The lowest BCUT2D eigenvalue weighted by Crippen LogP contribution is -2.12. The number of hydrogen-bond donors (Lipinski definition) is 1. The second-order valence-electron chi connectivity index (χ2n) is 3.64. The third-order valence-electron chi connectivity index (χ3n) is 2.44. The molecule has 0 fully saturated rings. The number of methoxy groups -OCH3 is 1. The quantitative estimate of drug-likeness (QED) is 0.921. The number of hydrogen-bond acceptors (Lipinski definition) is 2. The number of halogens is 4. The molecule has 0 amide bonds. The van der Waals surface area contributed by atoms with Gasteiger partial charge >= 0.3 is 12.1 Å². The van der Waals surface area contributed by atoms with Gasteiger partial charge in [-0.3, -0.25) is 4.79 Å². The molecule has 3 nitrogen and oxygen atoms in total. The summed E-state index contributed by atoms with van der Waals surface area (Å²) in [6.07, 6.45) is -4.54. The molecule has 18 heavy (non-hydrogen) atoms. The first kappa shape index (κ1) is 14.8. The fourth-order valence-corrected chi connectivity index (χ4v) is 2.09. The summed E-state index contributed by atoms with van der Waals surface area (Å²) in [4.78, 5) is 10.9. The number of benzene rings is 1. The molecule has 1 unspecified atom stereocenters. The van der Waals surface area contributed by atoms with Gasteiger partial charge in [-0.15, -0.1) is 0 Å². The van der Waals surface area contributed by atoms with E-state index in [1.54, 1.807) is 0 Å². The Hall–Kier alpha value is -1.24. The van der Waals surface area contributed by atoms with Gasteiger partial charge in [0.15, 0.2) is 0 Å². The Morgan fingerprint density at radius 2 is 2.00 bits per heavy atom. The summed E-state index contributed by atoms with van der Waals surface area (Å²) in [7, 11) is 1.27. The molecule has 0 bridgehead atoms. The van der Waals surface area contributed by atoms with Crippen molar-refractivity contribution in [2.24, 2.45) is 0 Å². The van der Waals surface area contributed by atoms with E-state index in [1.807, 2.05) is 0 Å². The Kier molecular flexibility index (Phi) is 4.26. The third-order valence-corrected chi connectivity index (χ3v) is 3.03. The van der Waals surface area contributed by atoms with Crippen LogP contribution in [0.3, 0.4) is 0 Å². The Bertz CT molecular complexity index is 471. The largest absolute Gasteiger partial charge is 0.495 e. The third kappa shape index (κ3) is 2.95. The molecule has 0 saturated carbocycles. The van der Waals surface area contributed by atoms with Gasteiger partial charge in [0.1, 0.15) is 5.75 Å². The molecule has 0 saturated heterocycles. The maximum absolute atomic E-state index is 12.6. The highest BCUT2D eigenvalue weighted by molar-refractivity contribution is 9.10. The van der Waals surface area contributed by atoms with Gasteiger partial charge in [0.05, 0.1) is 23.1 Å².